The van der Waals surface area contributed by atoms with Crippen LogP contribution in [0.15, 0.2) is 36.7 Å². The Morgan fingerprint density at radius 3 is 2.58 bits per heavy atom. The van der Waals surface area contributed by atoms with Crippen molar-refractivity contribution < 1.29 is 0 Å². The fourth-order valence-electron chi connectivity index (χ4n) is 3.94. The maximum atomic E-state index is 4.54. The molecule has 3 heterocycles. The number of aryl methyl sites for hydroxylation is 1. The summed E-state index contributed by atoms with van der Waals surface area (Å²) < 4.78 is 1.80. The minimum atomic E-state index is 0.614. The van der Waals surface area contributed by atoms with Gasteiger partial charge in [0.25, 0.3) is 0 Å². The largest absolute Gasteiger partial charge is 0.368 e. The summed E-state index contributed by atoms with van der Waals surface area (Å²) in [6, 6.07) is 11.3. The zero-order valence-electron chi connectivity index (χ0n) is 15.8. The highest BCUT2D eigenvalue weighted by Crippen LogP contribution is 2.29. The SMILES string of the molecule is Cc1nn2cnnc2c(N2CCC(N(C)Cc3ccccc3)CC2)c1C. The smallest absolute Gasteiger partial charge is 0.201 e. The molecule has 0 atom stereocenters. The van der Waals surface area contributed by atoms with Gasteiger partial charge in [-0.1, -0.05) is 30.3 Å². The van der Waals surface area contributed by atoms with Crippen LogP contribution in [0.4, 0.5) is 5.69 Å². The summed E-state index contributed by atoms with van der Waals surface area (Å²) in [5, 5.41) is 12.9. The second-order valence-corrected chi connectivity index (χ2v) is 7.28. The fourth-order valence-corrected chi connectivity index (χ4v) is 3.94. The molecule has 0 unspecified atom stereocenters. The van der Waals surface area contributed by atoms with E-state index in [9.17, 15) is 0 Å². The Labute approximate surface area is 154 Å². The molecule has 6 nitrogen and oxygen atoms in total. The van der Waals surface area contributed by atoms with Crippen LogP contribution in [-0.4, -0.2) is 50.9 Å². The maximum Gasteiger partial charge on any atom is 0.201 e. The molecular formula is C20H26N6. The molecule has 0 radical (unpaired) electrons. The summed E-state index contributed by atoms with van der Waals surface area (Å²) in [4.78, 5) is 4.95. The zero-order chi connectivity index (χ0) is 18.1. The lowest BCUT2D eigenvalue weighted by atomic mass is 10.0. The first-order valence-electron chi connectivity index (χ1n) is 9.30. The molecule has 6 heteroatoms. The van der Waals surface area contributed by atoms with Gasteiger partial charge < -0.3 is 4.90 Å². The number of anilines is 1. The summed E-state index contributed by atoms with van der Waals surface area (Å²) in [7, 11) is 2.24. The number of rotatable bonds is 4. The van der Waals surface area contributed by atoms with Crippen molar-refractivity contribution in [2.24, 2.45) is 0 Å². The molecule has 0 spiro atoms. The van der Waals surface area contributed by atoms with Gasteiger partial charge in [0.1, 0.15) is 6.33 Å². The summed E-state index contributed by atoms with van der Waals surface area (Å²) in [6.07, 6.45) is 4.00. The Morgan fingerprint density at radius 1 is 1.12 bits per heavy atom. The van der Waals surface area contributed by atoms with Gasteiger partial charge >= 0.3 is 0 Å². The van der Waals surface area contributed by atoms with Crippen LogP contribution in [0.2, 0.25) is 0 Å². The first kappa shape index (κ1) is 17.0. The summed E-state index contributed by atoms with van der Waals surface area (Å²) in [5.74, 6) is 0. The van der Waals surface area contributed by atoms with Crippen LogP contribution in [-0.2, 0) is 6.54 Å². The van der Waals surface area contributed by atoms with Gasteiger partial charge in [-0.05, 0) is 44.9 Å². The van der Waals surface area contributed by atoms with E-state index in [-0.39, 0.29) is 0 Å². The molecule has 136 valence electrons. The lowest BCUT2D eigenvalue weighted by molar-refractivity contribution is 0.200. The number of nitrogens with zero attached hydrogens (tertiary/aromatic N) is 6. The van der Waals surface area contributed by atoms with Crippen LogP contribution in [0.25, 0.3) is 5.65 Å². The van der Waals surface area contributed by atoms with E-state index in [1.165, 1.54) is 16.8 Å². The molecule has 1 aliphatic heterocycles. The van der Waals surface area contributed by atoms with E-state index in [1.54, 1.807) is 10.8 Å². The van der Waals surface area contributed by atoms with Crippen LogP contribution >= 0.6 is 0 Å². The minimum absolute atomic E-state index is 0.614. The molecule has 1 aliphatic rings. The Bertz CT molecular complexity index is 880. The summed E-state index contributed by atoms with van der Waals surface area (Å²) in [6.45, 7) is 7.28. The molecule has 2 aromatic heterocycles. The molecule has 0 bridgehead atoms. The third-order valence-corrected chi connectivity index (χ3v) is 5.58. The maximum absolute atomic E-state index is 4.54. The Morgan fingerprint density at radius 2 is 1.85 bits per heavy atom. The van der Waals surface area contributed by atoms with Crippen molar-refractivity contribution in [3.63, 3.8) is 0 Å². The van der Waals surface area contributed by atoms with Crippen LogP contribution in [0.3, 0.4) is 0 Å². The van der Waals surface area contributed by atoms with Gasteiger partial charge in [-0.15, -0.1) is 10.2 Å². The molecule has 1 fully saturated rings. The van der Waals surface area contributed by atoms with Crippen molar-refractivity contribution in [1.82, 2.24) is 24.7 Å². The van der Waals surface area contributed by atoms with E-state index in [4.69, 9.17) is 0 Å². The molecule has 0 saturated carbocycles. The van der Waals surface area contributed by atoms with Crippen LogP contribution in [0.5, 0.6) is 0 Å². The minimum Gasteiger partial charge on any atom is -0.368 e. The Kier molecular flexibility index (Phi) is 4.59. The molecule has 0 N–H and O–H groups in total. The van der Waals surface area contributed by atoms with Gasteiger partial charge in [0, 0.05) is 25.7 Å². The topological polar surface area (TPSA) is 49.6 Å². The first-order valence-corrected chi connectivity index (χ1v) is 9.30. The Balaban J connectivity index is 1.47. The quantitative estimate of drug-likeness (QED) is 0.724. The van der Waals surface area contributed by atoms with Crippen molar-refractivity contribution in [1.29, 1.82) is 0 Å². The molecule has 4 rings (SSSR count). The van der Waals surface area contributed by atoms with Crippen molar-refractivity contribution in [2.45, 2.75) is 39.3 Å². The van der Waals surface area contributed by atoms with E-state index in [0.29, 0.717) is 6.04 Å². The van der Waals surface area contributed by atoms with E-state index >= 15 is 0 Å². The number of hydrogen-bond acceptors (Lipinski definition) is 5. The van der Waals surface area contributed by atoms with Gasteiger partial charge in [0.2, 0.25) is 5.65 Å². The van der Waals surface area contributed by atoms with E-state index < -0.39 is 0 Å². The number of fused-ring (bicyclic) bond motifs is 1. The van der Waals surface area contributed by atoms with E-state index in [2.05, 4.69) is 76.3 Å². The molecule has 3 aromatic rings. The summed E-state index contributed by atoms with van der Waals surface area (Å²) in [5.41, 5.74) is 5.68. The molecular weight excluding hydrogens is 324 g/mol. The second-order valence-electron chi connectivity index (χ2n) is 7.28. The van der Waals surface area contributed by atoms with Crippen molar-refractivity contribution in [3.8, 4) is 0 Å². The predicted molar refractivity (Wildman–Crippen MR) is 103 cm³/mol. The van der Waals surface area contributed by atoms with Crippen molar-refractivity contribution >= 4 is 11.3 Å². The third-order valence-electron chi connectivity index (χ3n) is 5.58. The average molecular weight is 350 g/mol. The number of piperidine rings is 1. The number of benzene rings is 1. The molecule has 1 aromatic carbocycles. The molecule has 1 saturated heterocycles. The van der Waals surface area contributed by atoms with Crippen LogP contribution in [0, 0.1) is 13.8 Å². The lowest BCUT2D eigenvalue weighted by Gasteiger charge is -2.38. The molecule has 0 amide bonds. The van der Waals surface area contributed by atoms with Gasteiger partial charge in [-0.3, -0.25) is 4.90 Å². The highest BCUT2D eigenvalue weighted by molar-refractivity contribution is 5.72. The van der Waals surface area contributed by atoms with Gasteiger partial charge in [0.05, 0.1) is 11.4 Å². The predicted octanol–water partition coefficient (Wildman–Crippen LogP) is 2.84. The number of aromatic nitrogens is 4. The highest BCUT2D eigenvalue weighted by Gasteiger charge is 2.26. The fraction of sp³-hybridized carbons (Fsp3) is 0.450. The van der Waals surface area contributed by atoms with Gasteiger partial charge in [-0.25, -0.2) is 0 Å². The molecule has 26 heavy (non-hydrogen) atoms. The highest BCUT2D eigenvalue weighted by atomic mass is 15.4. The van der Waals surface area contributed by atoms with Crippen molar-refractivity contribution in [2.75, 3.05) is 25.0 Å². The third kappa shape index (κ3) is 3.17. The monoisotopic (exact) mass is 350 g/mol. The normalized spacial score (nSPS) is 15.9. The molecule has 0 aliphatic carbocycles. The summed E-state index contributed by atoms with van der Waals surface area (Å²) >= 11 is 0. The van der Waals surface area contributed by atoms with Gasteiger partial charge in [-0.2, -0.15) is 9.61 Å². The van der Waals surface area contributed by atoms with Crippen LogP contribution in [0.1, 0.15) is 29.7 Å². The zero-order valence-corrected chi connectivity index (χ0v) is 15.8. The van der Waals surface area contributed by atoms with E-state index in [1.807, 2.05) is 0 Å². The standard InChI is InChI=1S/C20H26N6/c1-15-16(2)23-26-14-21-22-20(26)19(15)25-11-9-18(10-12-25)24(3)13-17-7-5-4-6-8-17/h4-8,14,18H,9-13H2,1-3H3. The average Bonchev–Trinajstić information content (AvgIpc) is 3.11. The first-order chi connectivity index (χ1) is 12.6. The number of hydrogen-bond donors (Lipinski definition) is 0. The Hall–Kier alpha value is -2.47. The van der Waals surface area contributed by atoms with Crippen LogP contribution < -0.4 is 4.90 Å². The van der Waals surface area contributed by atoms with E-state index in [0.717, 1.165) is 43.8 Å². The van der Waals surface area contributed by atoms with Crippen molar-refractivity contribution in [3.05, 3.63) is 53.5 Å². The van der Waals surface area contributed by atoms with Gasteiger partial charge in [0.15, 0.2) is 0 Å². The second kappa shape index (κ2) is 7.03. The lowest BCUT2D eigenvalue weighted by Crippen LogP contribution is -2.43.